The number of aromatic nitrogens is 2. The van der Waals surface area contributed by atoms with Crippen molar-refractivity contribution < 1.29 is 84.7 Å². The first kappa shape index (κ1) is 45.5. The molecule has 1 aliphatic heterocycles. The maximum absolute atomic E-state index is 14.0. The third kappa shape index (κ3) is 12.1. The van der Waals surface area contributed by atoms with Crippen LogP contribution in [0.3, 0.4) is 0 Å². The molecular weight excluding hydrogens is 769 g/mol. The van der Waals surface area contributed by atoms with Gasteiger partial charge in [-0.25, -0.2) is 9.97 Å². The molecule has 0 unspecified atom stereocenters. The number of nitrogens with zero attached hydrogens (tertiary/aromatic N) is 4. The van der Waals surface area contributed by atoms with Gasteiger partial charge >= 0.3 is 41.9 Å². The van der Waals surface area contributed by atoms with Gasteiger partial charge in [-0.05, 0) is 89.9 Å². The predicted octanol–water partition coefficient (Wildman–Crippen LogP) is 4.67. The summed E-state index contributed by atoms with van der Waals surface area (Å²) in [6, 6.07) is 10.6. The molecule has 4 aromatic rings. The van der Waals surface area contributed by atoms with Gasteiger partial charge in [0, 0.05) is 37.7 Å². The summed E-state index contributed by atoms with van der Waals surface area (Å²) in [6.45, 7) is 5.81. The van der Waals surface area contributed by atoms with Gasteiger partial charge in [-0.1, -0.05) is 19.9 Å². The van der Waals surface area contributed by atoms with Crippen molar-refractivity contribution in [1.29, 1.82) is 0 Å². The van der Waals surface area contributed by atoms with Crippen molar-refractivity contribution in [2.75, 3.05) is 56.9 Å². The first-order valence-corrected chi connectivity index (χ1v) is 18.0. The van der Waals surface area contributed by atoms with Crippen LogP contribution in [0.5, 0.6) is 17.2 Å². The van der Waals surface area contributed by atoms with Crippen LogP contribution >= 0.6 is 0 Å². The van der Waals surface area contributed by atoms with Crippen LogP contribution in [0.1, 0.15) is 66.8 Å². The predicted molar refractivity (Wildman–Crippen MR) is 195 cm³/mol. The largest absolute Gasteiger partial charge is 1.00 e. The topological polar surface area (TPSA) is 109 Å². The number of halogens is 6. The number of unbranched alkanes of at least 4 members (excludes halogenated alkanes) is 1. The Balaban J connectivity index is 0.00000720. The van der Waals surface area contributed by atoms with Crippen LogP contribution in [0.2, 0.25) is 0 Å². The van der Waals surface area contributed by atoms with E-state index in [0.29, 0.717) is 85.2 Å². The molecular formula is C40H43F6N4NaO6. The second-order valence-electron chi connectivity index (χ2n) is 13.6. The van der Waals surface area contributed by atoms with Gasteiger partial charge in [-0.3, -0.25) is 0 Å². The fourth-order valence-electron chi connectivity index (χ4n) is 6.30. The van der Waals surface area contributed by atoms with Gasteiger partial charge in [0.25, 0.3) is 0 Å². The van der Waals surface area contributed by atoms with Crippen molar-refractivity contribution in [2.24, 2.45) is 0 Å². The van der Waals surface area contributed by atoms with Gasteiger partial charge in [0.05, 0.1) is 63.2 Å². The standard InChI is InChI=1S/C40H44F6N4O6.Na/c1-25(2)27-8-9-34(53-3)33(17-27)32-20-36(56-12-6-5-7-37(51)52)35(54-4)18-28(32)24-50(38-47-21-31(22-48-38)49-10-13-55-14-11-49)23-26-15-29(39(41,42)43)19-30(16-26)40(44,45)46;/h8-9,15-22,25H,5-7,10-14,23-24H2,1-4H3,(H,51,52);/q;+1/p-1. The SMILES string of the molecule is COc1cc(CN(Cc2cc(C(F)(F)F)cc(C(F)(F)F)c2)c2ncc(N3CCOCC3)cn2)c(-c2cc(C(C)C)ccc2OC)cc1OCCCCC(=O)[O-].[Na+]. The van der Waals surface area contributed by atoms with Crippen LogP contribution in [-0.4, -0.2) is 63.1 Å². The van der Waals surface area contributed by atoms with Crippen LogP contribution in [0.25, 0.3) is 11.1 Å². The number of aliphatic carboxylic acids is 1. The summed E-state index contributed by atoms with van der Waals surface area (Å²) in [5.41, 5.74) is 0.245. The molecule has 0 spiro atoms. The van der Waals surface area contributed by atoms with E-state index in [4.69, 9.17) is 18.9 Å². The number of rotatable bonds is 16. The van der Waals surface area contributed by atoms with Crippen LogP contribution < -0.4 is 58.7 Å². The average Bonchev–Trinajstić information content (AvgIpc) is 3.17. The molecule has 0 saturated carbocycles. The molecule has 1 saturated heterocycles. The van der Waals surface area contributed by atoms with E-state index < -0.39 is 36.0 Å². The van der Waals surface area contributed by atoms with E-state index >= 15 is 0 Å². The van der Waals surface area contributed by atoms with Crippen LogP contribution in [0.4, 0.5) is 38.0 Å². The van der Waals surface area contributed by atoms with Crippen LogP contribution in [0, 0.1) is 0 Å². The molecule has 3 aromatic carbocycles. The third-order valence-electron chi connectivity index (χ3n) is 9.27. The number of methoxy groups -OCH3 is 2. The summed E-state index contributed by atoms with van der Waals surface area (Å²) in [6.07, 6.45) is -6.38. The molecule has 2 heterocycles. The Bertz CT molecular complexity index is 1920. The molecule has 302 valence electrons. The van der Waals surface area contributed by atoms with Crippen molar-refractivity contribution in [1.82, 2.24) is 9.97 Å². The van der Waals surface area contributed by atoms with Crippen molar-refractivity contribution >= 4 is 17.6 Å². The van der Waals surface area contributed by atoms with Crippen molar-refractivity contribution in [3.63, 3.8) is 0 Å². The normalized spacial score (nSPS) is 13.3. The van der Waals surface area contributed by atoms with E-state index in [1.165, 1.54) is 19.1 Å². The molecule has 1 fully saturated rings. The van der Waals surface area contributed by atoms with Gasteiger partial charge < -0.3 is 38.6 Å². The fourth-order valence-corrected chi connectivity index (χ4v) is 6.30. The number of benzene rings is 3. The van der Waals surface area contributed by atoms with Crippen LogP contribution in [0.15, 0.2) is 60.9 Å². The van der Waals surface area contributed by atoms with Gasteiger partial charge in [0.15, 0.2) is 11.5 Å². The first-order chi connectivity index (χ1) is 26.6. The van der Waals surface area contributed by atoms with Gasteiger partial charge in [0.1, 0.15) is 5.75 Å². The smallest absolute Gasteiger partial charge is 0.550 e. The monoisotopic (exact) mass is 812 g/mol. The number of carbonyl (C=O) groups is 1. The number of ether oxygens (including phenoxy) is 4. The molecule has 0 atom stereocenters. The van der Waals surface area contributed by atoms with Crippen molar-refractivity contribution in [3.05, 3.63) is 88.7 Å². The molecule has 17 heteroatoms. The Morgan fingerprint density at radius 2 is 1.47 bits per heavy atom. The maximum atomic E-state index is 14.0. The van der Waals surface area contributed by atoms with Crippen molar-refractivity contribution in [2.45, 2.75) is 64.5 Å². The summed E-state index contributed by atoms with van der Waals surface area (Å²) in [7, 11) is 2.93. The maximum Gasteiger partial charge on any atom is 1.00 e. The molecule has 0 aliphatic carbocycles. The van der Waals surface area contributed by atoms with E-state index in [-0.39, 0.29) is 78.4 Å². The quantitative estimate of drug-likeness (QED) is 0.0901. The number of anilines is 2. The summed E-state index contributed by atoms with van der Waals surface area (Å²) >= 11 is 0. The Morgan fingerprint density at radius 1 is 0.842 bits per heavy atom. The molecule has 0 amide bonds. The number of hydrogen-bond acceptors (Lipinski definition) is 10. The number of carboxylic acid groups (broad SMARTS) is 1. The number of morpholine rings is 1. The van der Waals surface area contributed by atoms with Gasteiger partial charge in [-0.15, -0.1) is 0 Å². The van der Waals surface area contributed by atoms with E-state index in [1.807, 2.05) is 36.9 Å². The molecule has 57 heavy (non-hydrogen) atoms. The first-order valence-electron chi connectivity index (χ1n) is 18.0. The molecule has 1 aromatic heterocycles. The number of hydrogen-bond donors (Lipinski definition) is 0. The third-order valence-corrected chi connectivity index (χ3v) is 9.27. The molecule has 5 rings (SSSR count). The van der Waals surface area contributed by atoms with E-state index in [2.05, 4.69) is 9.97 Å². The minimum atomic E-state index is -5.05. The average molecular weight is 813 g/mol. The number of carboxylic acids is 1. The molecule has 10 nitrogen and oxygen atoms in total. The Kier molecular flexibility index (Phi) is 15.9. The van der Waals surface area contributed by atoms with E-state index in [1.54, 1.807) is 24.5 Å². The Hall–Kier alpha value is -4.25. The molecule has 0 N–H and O–H groups in total. The minimum Gasteiger partial charge on any atom is -0.550 e. The summed E-state index contributed by atoms with van der Waals surface area (Å²) < 4.78 is 107. The van der Waals surface area contributed by atoms with E-state index in [9.17, 15) is 36.2 Å². The molecule has 0 bridgehead atoms. The second-order valence-corrected chi connectivity index (χ2v) is 13.6. The zero-order valence-electron chi connectivity index (χ0n) is 32.4. The summed E-state index contributed by atoms with van der Waals surface area (Å²) in [5, 5.41) is 10.9. The van der Waals surface area contributed by atoms with Gasteiger partial charge in [-0.2, -0.15) is 26.3 Å². The Morgan fingerprint density at radius 3 is 2.04 bits per heavy atom. The van der Waals surface area contributed by atoms with Crippen LogP contribution in [-0.2, 0) is 35.0 Å². The second kappa shape index (κ2) is 19.9. The summed E-state index contributed by atoms with van der Waals surface area (Å²) in [5.74, 6) is 0.0848. The number of alkyl halides is 6. The molecule has 0 radical (unpaired) electrons. The zero-order chi connectivity index (χ0) is 40.6. The summed E-state index contributed by atoms with van der Waals surface area (Å²) in [4.78, 5) is 23.5. The number of carbonyl (C=O) groups excluding carboxylic acids is 1. The zero-order valence-corrected chi connectivity index (χ0v) is 34.4. The molecule has 1 aliphatic rings. The fraction of sp³-hybridized carbons (Fsp3) is 0.425. The minimum absolute atomic E-state index is 0. The van der Waals surface area contributed by atoms with Crippen molar-refractivity contribution in [3.8, 4) is 28.4 Å². The Labute approximate surface area is 349 Å². The van der Waals surface area contributed by atoms with E-state index in [0.717, 1.165) is 5.56 Å². The van der Waals surface area contributed by atoms with Gasteiger partial charge in [0.2, 0.25) is 5.95 Å².